The number of likely N-dealkylation sites (N-methyl/N-ethyl adjacent to an activating group) is 1. The van der Waals surface area contributed by atoms with Crippen LogP contribution in [0.1, 0.15) is 11.6 Å². The third-order valence-corrected chi connectivity index (χ3v) is 3.39. The highest BCUT2D eigenvalue weighted by Gasteiger charge is 2.21. The molecular weight excluding hydrogens is 281 g/mol. The van der Waals surface area contributed by atoms with Crippen LogP contribution in [0.4, 0.5) is 0 Å². The van der Waals surface area contributed by atoms with E-state index in [-0.39, 0.29) is 18.4 Å². The molecule has 2 N–H and O–H groups in total. The van der Waals surface area contributed by atoms with Gasteiger partial charge in [-0.15, -0.1) is 12.4 Å². The van der Waals surface area contributed by atoms with Crippen LogP contribution in [0.2, 0.25) is 10.0 Å². The molecule has 1 aliphatic rings. The minimum atomic E-state index is -0.0197. The Morgan fingerprint density at radius 2 is 2.18 bits per heavy atom. The number of benzene rings is 1. The van der Waals surface area contributed by atoms with Crippen molar-refractivity contribution in [2.75, 3.05) is 20.1 Å². The minimum Gasteiger partial charge on any atom is -0.370 e. The number of hydrogen-bond acceptors (Lipinski definition) is 3. The summed E-state index contributed by atoms with van der Waals surface area (Å²) < 4.78 is 0. The first-order valence-corrected chi connectivity index (χ1v) is 5.89. The van der Waals surface area contributed by atoms with Crippen molar-refractivity contribution >= 4 is 41.4 Å². The average Bonchev–Trinajstić information content (AvgIpc) is 2.79. The molecule has 0 saturated heterocycles. The summed E-state index contributed by atoms with van der Waals surface area (Å²) in [6, 6.07) is 5.61. The molecule has 1 unspecified atom stereocenters. The third-order valence-electron chi connectivity index (χ3n) is 2.55. The number of aliphatic imine (C=N–C) groups is 1. The van der Waals surface area contributed by atoms with Crippen molar-refractivity contribution in [3.63, 3.8) is 0 Å². The van der Waals surface area contributed by atoms with Crippen LogP contribution in [-0.4, -0.2) is 26.0 Å². The third kappa shape index (κ3) is 3.05. The first-order chi connectivity index (χ1) is 7.74. The second-order valence-electron chi connectivity index (χ2n) is 3.56. The molecule has 1 atom stereocenters. The minimum absolute atomic E-state index is 0. The van der Waals surface area contributed by atoms with Crippen molar-refractivity contribution in [2.45, 2.75) is 6.04 Å². The Balaban J connectivity index is 0.00000144. The number of hydrogen-bond donors (Lipinski definition) is 2. The molecule has 0 aromatic heterocycles. The Morgan fingerprint density at radius 3 is 2.76 bits per heavy atom. The van der Waals surface area contributed by atoms with Crippen molar-refractivity contribution in [3.05, 3.63) is 33.8 Å². The van der Waals surface area contributed by atoms with Crippen molar-refractivity contribution in [1.29, 1.82) is 0 Å². The summed E-state index contributed by atoms with van der Waals surface area (Å²) in [5.74, 6) is 0.923. The van der Waals surface area contributed by atoms with E-state index >= 15 is 0 Å². The molecule has 3 nitrogen and oxygen atoms in total. The van der Waals surface area contributed by atoms with E-state index in [4.69, 9.17) is 23.2 Å². The molecule has 0 fully saturated rings. The molecule has 17 heavy (non-hydrogen) atoms. The van der Waals surface area contributed by atoms with Crippen LogP contribution in [0.25, 0.3) is 0 Å². The van der Waals surface area contributed by atoms with Crippen LogP contribution in [-0.2, 0) is 0 Å². The van der Waals surface area contributed by atoms with E-state index < -0.39 is 0 Å². The molecule has 94 valence electrons. The standard InChI is InChI=1S/C11H13Cl2N3.ClH/c1-14-10(11-15-5-6-16-11)7-3-2-4-8(12)9(7)13;/h2-4,10,14H,5-6H2,1H3,(H,15,16);1H. The summed E-state index contributed by atoms with van der Waals surface area (Å²) in [6.45, 7) is 1.69. The van der Waals surface area contributed by atoms with E-state index in [2.05, 4.69) is 15.6 Å². The van der Waals surface area contributed by atoms with E-state index in [0.717, 1.165) is 24.5 Å². The molecule has 0 amide bonds. The molecule has 2 rings (SSSR count). The summed E-state index contributed by atoms with van der Waals surface area (Å²) in [7, 11) is 1.88. The zero-order valence-electron chi connectivity index (χ0n) is 9.34. The molecule has 1 aliphatic heterocycles. The fourth-order valence-electron chi connectivity index (χ4n) is 1.79. The summed E-state index contributed by atoms with van der Waals surface area (Å²) >= 11 is 12.2. The summed E-state index contributed by atoms with van der Waals surface area (Å²) in [4.78, 5) is 4.40. The van der Waals surface area contributed by atoms with E-state index in [0.29, 0.717) is 10.0 Å². The number of nitrogens with one attached hydrogen (secondary N) is 2. The number of amidine groups is 1. The van der Waals surface area contributed by atoms with Gasteiger partial charge in [-0.3, -0.25) is 4.99 Å². The summed E-state index contributed by atoms with van der Waals surface area (Å²) in [6.07, 6.45) is 0. The van der Waals surface area contributed by atoms with Gasteiger partial charge in [0.15, 0.2) is 0 Å². The molecule has 1 aromatic rings. The van der Waals surface area contributed by atoms with Crippen LogP contribution < -0.4 is 10.6 Å². The predicted molar refractivity (Wildman–Crippen MR) is 75.8 cm³/mol. The molecular formula is C11H14Cl3N3. The smallest absolute Gasteiger partial charge is 0.118 e. The van der Waals surface area contributed by atoms with E-state index in [1.165, 1.54) is 0 Å². The first kappa shape index (κ1) is 14.6. The fraction of sp³-hybridized carbons (Fsp3) is 0.364. The monoisotopic (exact) mass is 293 g/mol. The van der Waals surface area contributed by atoms with Gasteiger partial charge in [-0.1, -0.05) is 35.3 Å². The van der Waals surface area contributed by atoms with E-state index in [1.54, 1.807) is 6.07 Å². The highest BCUT2D eigenvalue weighted by molar-refractivity contribution is 6.42. The summed E-state index contributed by atoms with van der Waals surface area (Å²) in [5.41, 5.74) is 0.949. The van der Waals surface area contributed by atoms with E-state index in [1.807, 2.05) is 19.2 Å². The van der Waals surface area contributed by atoms with Gasteiger partial charge in [0, 0.05) is 6.54 Å². The van der Waals surface area contributed by atoms with Crippen molar-refractivity contribution < 1.29 is 0 Å². The molecule has 0 saturated carbocycles. The van der Waals surface area contributed by atoms with Gasteiger partial charge >= 0.3 is 0 Å². The SMILES string of the molecule is CNC(C1=NCCN1)c1cccc(Cl)c1Cl.Cl. The zero-order valence-corrected chi connectivity index (χ0v) is 11.7. The second kappa shape index (κ2) is 6.45. The predicted octanol–water partition coefficient (Wildman–Crippen LogP) is 2.68. The van der Waals surface area contributed by atoms with Crippen molar-refractivity contribution in [3.8, 4) is 0 Å². The summed E-state index contributed by atoms with van der Waals surface area (Å²) in [5, 5.41) is 7.58. The maximum absolute atomic E-state index is 6.19. The Bertz CT molecular complexity index is 420. The van der Waals surface area contributed by atoms with Crippen molar-refractivity contribution in [2.24, 2.45) is 4.99 Å². The lowest BCUT2D eigenvalue weighted by atomic mass is 10.1. The number of nitrogens with zero attached hydrogens (tertiary/aromatic N) is 1. The van der Waals surface area contributed by atoms with E-state index in [9.17, 15) is 0 Å². The Labute approximate surface area is 117 Å². The van der Waals surface area contributed by atoms with Crippen molar-refractivity contribution in [1.82, 2.24) is 10.6 Å². The lowest BCUT2D eigenvalue weighted by molar-refractivity contribution is 0.731. The molecule has 0 radical (unpaired) electrons. The first-order valence-electron chi connectivity index (χ1n) is 5.13. The van der Waals surface area contributed by atoms with Gasteiger partial charge in [0.25, 0.3) is 0 Å². The average molecular weight is 295 g/mol. The molecule has 0 bridgehead atoms. The van der Waals surface area contributed by atoms with Gasteiger partial charge in [-0.2, -0.15) is 0 Å². The van der Waals surface area contributed by atoms with Crippen LogP contribution in [0.5, 0.6) is 0 Å². The fourth-order valence-corrected chi connectivity index (χ4v) is 2.21. The van der Waals surface area contributed by atoms with Gasteiger partial charge in [-0.25, -0.2) is 0 Å². The quantitative estimate of drug-likeness (QED) is 0.899. The molecule has 6 heteroatoms. The number of rotatable bonds is 3. The molecule has 1 heterocycles. The highest BCUT2D eigenvalue weighted by atomic mass is 35.5. The van der Waals surface area contributed by atoms with Gasteiger partial charge in [-0.05, 0) is 18.7 Å². The Morgan fingerprint density at radius 1 is 1.41 bits per heavy atom. The van der Waals surface area contributed by atoms with Gasteiger partial charge in [0.05, 0.1) is 22.6 Å². The van der Waals surface area contributed by atoms with Crippen LogP contribution >= 0.6 is 35.6 Å². The number of halogens is 3. The highest BCUT2D eigenvalue weighted by Crippen LogP contribution is 2.30. The largest absolute Gasteiger partial charge is 0.370 e. The Kier molecular flexibility index (Phi) is 5.53. The lowest BCUT2D eigenvalue weighted by Crippen LogP contribution is -2.33. The van der Waals surface area contributed by atoms with Crippen LogP contribution in [0.15, 0.2) is 23.2 Å². The normalized spacial score (nSPS) is 15.8. The maximum atomic E-state index is 6.19. The zero-order chi connectivity index (χ0) is 11.5. The van der Waals surface area contributed by atoms with Gasteiger partial charge in [0.1, 0.15) is 5.84 Å². The second-order valence-corrected chi connectivity index (χ2v) is 4.34. The van der Waals surface area contributed by atoms with Gasteiger partial charge < -0.3 is 10.6 Å². The van der Waals surface area contributed by atoms with Crippen LogP contribution in [0.3, 0.4) is 0 Å². The van der Waals surface area contributed by atoms with Crippen LogP contribution in [0, 0.1) is 0 Å². The topological polar surface area (TPSA) is 36.4 Å². The molecule has 0 aliphatic carbocycles. The van der Waals surface area contributed by atoms with Gasteiger partial charge in [0.2, 0.25) is 0 Å². The molecule has 1 aromatic carbocycles. The maximum Gasteiger partial charge on any atom is 0.118 e. The lowest BCUT2D eigenvalue weighted by Gasteiger charge is -2.18. The Hall–Kier alpha value is -0.480. The molecule has 0 spiro atoms.